The number of benzene rings is 3. The van der Waals surface area contributed by atoms with Gasteiger partial charge < -0.3 is 9.88 Å². The number of fused-ring (bicyclic) bond motifs is 4. The van der Waals surface area contributed by atoms with E-state index in [0.29, 0.717) is 35.3 Å². The number of pyridine rings is 2. The smallest absolute Gasteiger partial charge is 0.272 e. The summed E-state index contributed by atoms with van der Waals surface area (Å²) in [7, 11) is -1.39. The van der Waals surface area contributed by atoms with Crippen molar-refractivity contribution in [2.75, 3.05) is 19.8 Å². The molecule has 0 spiro atoms. The van der Waals surface area contributed by atoms with Gasteiger partial charge in [-0.2, -0.15) is 9.19 Å². The van der Waals surface area contributed by atoms with E-state index in [1.807, 2.05) is 64.5 Å². The Morgan fingerprint density at radius 3 is 1.63 bits per heavy atom. The van der Waals surface area contributed by atoms with E-state index in [9.17, 15) is 18.0 Å². The second-order valence-electron chi connectivity index (χ2n) is 22.4. The van der Waals surface area contributed by atoms with Gasteiger partial charge in [0.05, 0.1) is 18.0 Å². The Labute approximate surface area is 498 Å². The van der Waals surface area contributed by atoms with Crippen LogP contribution in [0.1, 0.15) is 261 Å². The molecule has 0 radical (unpaired) electrons. The number of nitrogens with zero attached hydrogens (tertiary/aromatic N) is 6. The summed E-state index contributed by atoms with van der Waals surface area (Å²) >= 11 is 0. The number of para-hydroxylation sites is 1. The van der Waals surface area contributed by atoms with Gasteiger partial charge in [0.2, 0.25) is 0 Å². The number of carbonyl (C=O) groups excluding carboxylic acids is 1. The Morgan fingerprint density at radius 2 is 1.12 bits per heavy atom. The van der Waals surface area contributed by atoms with Crippen molar-refractivity contribution in [2.45, 2.75) is 220 Å². The minimum atomic E-state index is -3.21. The highest BCUT2D eigenvalue weighted by Gasteiger charge is 2.23. The van der Waals surface area contributed by atoms with E-state index in [1.54, 1.807) is 23.4 Å². The van der Waals surface area contributed by atoms with Crippen molar-refractivity contribution in [3.05, 3.63) is 170 Å². The van der Waals surface area contributed by atoms with Crippen LogP contribution in [0.4, 0.5) is 0 Å². The minimum Gasteiger partial charge on any atom is -0.358 e. The molecule has 4 aromatic heterocycles. The highest BCUT2D eigenvalue weighted by Crippen LogP contribution is 2.25. The number of nitrogens with one attached hydrogen (secondary N) is 1. The quantitative estimate of drug-likeness (QED) is 0.173. The molecule has 0 fully saturated rings. The van der Waals surface area contributed by atoms with Gasteiger partial charge in [0.15, 0.2) is 5.43 Å². The van der Waals surface area contributed by atoms with E-state index < -0.39 is 10.0 Å². The summed E-state index contributed by atoms with van der Waals surface area (Å²) in [5, 5.41) is 5.63. The molecule has 12 heteroatoms. The molecule has 0 unspecified atom stereocenters. The van der Waals surface area contributed by atoms with Crippen LogP contribution in [0.15, 0.2) is 108 Å². The molecule has 0 saturated heterocycles. The molecular weight excluding hydrogens is 1030 g/mol. The summed E-state index contributed by atoms with van der Waals surface area (Å²) in [6.07, 6.45) is 20.7. The predicted molar refractivity (Wildman–Crippen MR) is 356 cm³/mol. The lowest BCUT2D eigenvalue weighted by molar-refractivity contribution is 0.0774. The van der Waals surface area contributed by atoms with Crippen LogP contribution in [0, 0.1) is 6.92 Å². The summed E-state index contributed by atoms with van der Waals surface area (Å²) < 4.78 is 22.9. The first-order chi connectivity index (χ1) is 38.7. The van der Waals surface area contributed by atoms with Crippen LogP contribution in [-0.2, 0) is 22.9 Å². The van der Waals surface area contributed by atoms with Crippen molar-refractivity contribution in [1.29, 1.82) is 0 Å². The van der Waals surface area contributed by atoms with Gasteiger partial charge in [-0.1, -0.05) is 225 Å². The average Bonchev–Trinajstić information content (AvgIpc) is 4.28. The summed E-state index contributed by atoms with van der Waals surface area (Å²) in [4.78, 5) is 41.3. The van der Waals surface area contributed by atoms with Gasteiger partial charge in [-0.15, -0.1) is 0 Å². The molecule has 1 N–H and O–H groups in total. The maximum atomic E-state index is 11.8. The number of likely N-dealkylation sites (N-methyl/N-ethyl adjacent to an activating group) is 1. The van der Waals surface area contributed by atoms with Crippen molar-refractivity contribution in [1.82, 2.24) is 34.0 Å². The van der Waals surface area contributed by atoms with Crippen LogP contribution in [0.25, 0.3) is 27.9 Å². The molecule has 0 bridgehead atoms. The van der Waals surface area contributed by atoms with E-state index in [0.717, 1.165) is 74.2 Å². The van der Waals surface area contributed by atoms with Crippen LogP contribution in [-0.4, -0.2) is 68.2 Å². The molecule has 0 atom stereocenters. The Morgan fingerprint density at radius 1 is 0.598 bits per heavy atom. The number of aromatic nitrogens is 6. The van der Waals surface area contributed by atoms with Crippen molar-refractivity contribution in [2.24, 2.45) is 0 Å². The molecule has 1 aliphatic heterocycles. The van der Waals surface area contributed by atoms with E-state index >= 15 is 0 Å². The fourth-order valence-corrected chi connectivity index (χ4v) is 7.80. The van der Waals surface area contributed by atoms with Gasteiger partial charge >= 0.3 is 0 Å². The maximum absolute atomic E-state index is 11.8. The number of H-pyrrole nitrogens is 1. The first kappa shape index (κ1) is 75.7. The highest BCUT2D eigenvalue weighted by atomic mass is 32.2. The first-order valence-electron chi connectivity index (χ1n) is 30.3. The van der Waals surface area contributed by atoms with Crippen LogP contribution < -0.4 is 5.43 Å². The maximum Gasteiger partial charge on any atom is 0.272 e. The Bertz CT molecular complexity index is 3080. The van der Waals surface area contributed by atoms with Gasteiger partial charge in [-0.3, -0.25) is 14.6 Å². The third-order valence-electron chi connectivity index (χ3n) is 11.7. The van der Waals surface area contributed by atoms with Gasteiger partial charge in [0.25, 0.3) is 15.9 Å². The van der Waals surface area contributed by atoms with E-state index in [4.69, 9.17) is 0 Å². The third kappa shape index (κ3) is 27.7. The lowest BCUT2D eigenvalue weighted by atomic mass is 9.98. The normalized spacial score (nSPS) is 11.6. The first-order valence-corrected chi connectivity index (χ1v) is 32.2. The molecule has 1 amide bonds. The second kappa shape index (κ2) is 40.8. The number of carbonyl (C=O) groups is 1. The topological polar surface area (TPSA) is 144 Å². The zero-order valence-corrected chi connectivity index (χ0v) is 56.0. The van der Waals surface area contributed by atoms with Crippen LogP contribution >= 0.6 is 0 Å². The second-order valence-corrected chi connectivity index (χ2v) is 24.2. The predicted octanol–water partition coefficient (Wildman–Crippen LogP) is 18.8. The number of aryl methyl sites for hydroxylation is 1. The molecule has 0 saturated carbocycles. The fourth-order valence-electron chi connectivity index (χ4n) is 7.26. The number of hydrogen-bond donors (Lipinski definition) is 1. The largest absolute Gasteiger partial charge is 0.358 e. The number of hydrogen-bond acceptors (Lipinski definition) is 8. The molecular formula is C70H109N7O4S. The minimum absolute atomic E-state index is 0.0477. The summed E-state index contributed by atoms with van der Waals surface area (Å²) in [5.41, 5.74) is 12.6. The highest BCUT2D eigenvalue weighted by molar-refractivity contribution is 7.89. The third-order valence-corrected chi connectivity index (χ3v) is 12.6. The number of allylic oxidation sites excluding steroid dienone is 1. The van der Waals surface area contributed by atoms with Gasteiger partial charge in [0.1, 0.15) is 11.5 Å². The monoisotopic (exact) mass is 1140 g/mol. The van der Waals surface area contributed by atoms with E-state index in [2.05, 4.69) is 204 Å². The Balaban J connectivity index is 0.000000943. The molecule has 1 aliphatic carbocycles. The van der Waals surface area contributed by atoms with E-state index in [-0.39, 0.29) is 11.3 Å². The molecule has 2 aliphatic rings. The molecule has 454 valence electrons. The molecule has 9 rings (SSSR count). The van der Waals surface area contributed by atoms with Gasteiger partial charge in [-0.25, -0.2) is 18.4 Å². The average molecular weight is 1140 g/mol. The van der Waals surface area contributed by atoms with Crippen LogP contribution in [0.5, 0.6) is 0 Å². The van der Waals surface area contributed by atoms with Crippen molar-refractivity contribution in [3.8, 4) is 0 Å². The Kier molecular flexibility index (Phi) is 37.7. The lowest BCUT2D eigenvalue weighted by Gasteiger charge is -2.24. The molecule has 11 nitrogen and oxygen atoms in total. The molecule has 5 heterocycles. The summed E-state index contributed by atoms with van der Waals surface area (Å²) in [6, 6.07) is 24.6. The van der Waals surface area contributed by atoms with Crippen molar-refractivity contribution < 1.29 is 13.2 Å². The van der Waals surface area contributed by atoms with Crippen molar-refractivity contribution in [3.63, 3.8) is 0 Å². The fraction of sp³-hybridized carbons (Fsp3) is 0.514. The number of amides is 1. The molecule has 82 heavy (non-hydrogen) atoms. The number of aromatic amines is 1. The number of rotatable bonds is 6. The van der Waals surface area contributed by atoms with E-state index in [1.165, 1.54) is 59.9 Å². The van der Waals surface area contributed by atoms with Gasteiger partial charge in [-0.05, 0) is 113 Å². The van der Waals surface area contributed by atoms with Crippen LogP contribution in [0.2, 0.25) is 0 Å². The van der Waals surface area contributed by atoms with Crippen LogP contribution in [0.3, 0.4) is 0 Å². The van der Waals surface area contributed by atoms with Gasteiger partial charge in [0, 0.05) is 60.2 Å². The standard InChI is InChI=1S/C12H16N2O.C12H14N2.C12H13NO.C12H14.C7H12N2O2S.5C3H8/c1-8(2)10-6-9-4-5-14(3)12(15)11(9)13-7-10;1-8(2)10-4-5-12-11(6-10)7-13-9(3)14-12;1-8(2)11-7-12(14)9-5-3-4-6-10(9)13-11;1-9(2)11-7-6-10-4-3-5-12(10)8-11;1-6(2)7-4-8-9(5-7)12(3,10)11;5*1-3-2/h6-8H,4-5H2,1-3H3;4-8H,1-3H3;3-8H,1-2H3,(H,13,14);3-4,6-9H,5H2,1-2H3;4-6H,1-3H3;5*3H2,1-2H3. The lowest BCUT2D eigenvalue weighted by Crippen LogP contribution is -2.35. The molecule has 3 aromatic carbocycles. The van der Waals surface area contributed by atoms with Crippen molar-refractivity contribution >= 4 is 43.8 Å². The zero-order chi connectivity index (χ0) is 62.7. The summed E-state index contributed by atoms with van der Waals surface area (Å²) in [5.74, 6) is 3.21. The Hall–Kier alpha value is -6.27. The SMILES string of the molecule is CC(C)c1cc(=O)c2ccccc2[nH]1.CC(C)c1ccc2c(c1)CC=C2.CC(C)c1cnc2c(c1)CCN(C)C2=O.CC(C)c1cnn(S(C)(=O)=O)c1.CCC.CCC.CCC.CCC.CCC.Cc1ncc2cc(C(C)C)ccc2n1. The summed E-state index contributed by atoms with van der Waals surface area (Å²) in [6.45, 7) is 45.2. The zero-order valence-electron chi connectivity index (χ0n) is 55.2. The molecule has 7 aromatic rings.